The molecule has 122 valence electrons. The lowest BCUT2D eigenvalue weighted by molar-refractivity contribution is -0.146. The lowest BCUT2D eigenvalue weighted by Gasteiger charge is -2.52. The maximum absolute atomic E-state index is 12.1. The van der Waals surface area contributed by atoms with Gasteiger partial charge in [-0.25, -0.2) is 0 Å². The van der Waals surface area contributed by atoms with E-state index in [1.807, 2.05) is 54.6 Å². The molecule has 3 atom stereocenters. The van der Waals surface area contributed by atoms with Crippen LogP contribution in [0.1, 0.15) is 24.8 Å². The first kappa shape index (κ1) is 16.2. The Hall–Kier alpha value is -2.64. The molecule has 0 radical (unpaired) electrons. The first-order valence-corrected chi connectivity index (χ1v) is 8.18. The largest absolute Gasteiger partial charge is 0.394 e. The van der Waals surface area contributed by atoms with E-state index in [4.69, 9.17) is 0 Å². The lowest BCUT2D eigenvalue weighted by Crippen LogP contribution is -2.65. The molecule has 1 aliphatic heterocycles. The second kappa shape index (κ2) is 6.86. The van der Waals surface area contributed by atoms with Gasteiger partial charge < -0.3 is 10.0 Å². The monoisotopic (exact) mass is 320 g/mol. The molecule has 1 fully saturated rings. The number of rotatable bonds is 4. The SMILES string of the molecule is CCC(=O)N1[C@H](C#N)[C@H](c2ccccc2-c2ccccc2)[C@@H]1CO. The first-order chi connectivity index (χ1) is 11.7. The summed E-state index contributed by atoms with van der Waals surface area (Å²) in [6.07, 6.45) is 0.335. The highest BCUT2D eigenvalue weighted by Gasteiger charge is 2.51. The van der Waals surface area contributed by atoms with Crippen molar-refractivity contribution < 1.29 is 9.90 Å². The molecule has 4 heteroatoms. The van der Waals surface area contributed by atoms with Crippen molar-refractivity contribution in [1.82, 2.24) is 4.90 Å². The van der Waals surface area contributed by atoms with Crippen LogP contribution in [0.25, 0.3) is 11.1 Å². The Morgan fingerprint density at radius 2 is 1.83 bits per heavy atom. The summed E-state index contributed by atoms with van der Waals surface area (Å²) in [4.78, 5) is 13.7. The van der Waals surface area contributed by atoms with Crippen LogP contribution in [-0.4, -0.2) is 34.6 Å². The van der Waals surface area contributed by atoms with Gasteiger partial charge in [-0.05, 0) is 16.7 Å². The molecule has 3 rings (SSSR count). The van der Waals surface area contributed by atoms with Gasteiger partial charge in [0.15, 0.2) is 0 Å². The van der Waals surface area contributed by atoms with Crippen LogP contribution in [0.4, 0.5) is 0 Å². The lowest BCUT2D eigenvalue weighted by atomic mass is 9.73. The molecule has 1 aliphatic rings. The van der Waals surface area contributed by atoms with Crippen molar-refractivity contribution in [1.29, 1.82) is 5.26 Å². The Labute approximate surface area is 142 Å². The Morgan fingerprint density at radius 3 is 2.46 bits per heavy atom. The molecule has 1 N–H and O–H groups in total. The van der Waals surface area contributed by atoms with E-state index in [2.05, 4.69) is 6.07 Å². The number of nitriles is 1. The van der Waals surface area contributed by atoms with Gasteiger partial charge >= 0.3 is 0 Å². The molecule has 4 nitrogen and oxygen atoms in total. The average Bonchev–Trinajstić information content (AvgIpc) is 2.62. The molecule has 0 spiro atoms. The number of hydrogen-bond donors (Lipinski definition) is 1. The summed E-state index contributed by atoms with van der Waals surface area (Å²) in [6.45, 7) is 1.63. The highest BCUT2D eigenvalue weighted by Crippen LogP contribution is 2.44. The van der Waals surface area contributed by atoms with Gasteiger partial charge in [0.25, 0.3) is 0 Å². The summed E-state index contributed by atoms with van der Waals surface area (Å²) < 4.78 is 0. The zero-order valence-corrected chi connectivity index (χ0v) is 13.6. The van der Waals surface area contributed by atoms with E-state index in [9.17, 15) is 15.2 Å². The topological polar surface area (TPSA) is 64.3 Å². The quantitative estimate of drug-likeness (QED) is 0.942. The highest BCUT2D eigenvalue weighted by atomic mass is 16.3. The van der Waals surface area contributed by atoms with Crippen LogP contribution in [0, 0.1) is 11.3 Å². The predicted octanol–water partition coefficient (Wildman–Crippen LogP) is 2.94. The second-order valence-corrected chi connectivity index (χ2v) is 5.96. The number of hydrogen-bond acceptors (Lipinski definition) is 3. The van der Waals surface area contributed by atoms with Gasteiger partial charge in [0.05, 0.1) is 18.7 Å². The molecule has 0 aliphatic carbocycles. The minimum atomic E-state index is -0.528. The van der Waals surface area contributed by atoms with Crippen LogP contribution in [0.5, 0.6) is 0 Å². The molecule has 24 heavy (non-hydrogen) atoms. The van der Waals surface area contributed by atoms with Gasteiger partial charge in [0, 0.05) is 12.3 Å². The Bertz CT molecular complexity index is 767. The molecule has 0 bridgehead atoms. The fraction of sp³-hybridized carbons (Fsp3) is 0.300. The van der Waals surface area contributed by atoms with Crippen molar-refractivity contribution in [3.8, 4) is 17.2 Å². The predicted molar refractivity (Wildman–Crippen MR) is 92.0 cm³/mol. The van der Waals surface area contributed by atoms with Gasteiger partial charge in [-0.15, -0.1) is 0 Å². The third-order valence-corrected chi connectivity index (χ3v) is 4.73. The Balaban J connectivity index is 2.03. The second-order valence-electron chi connectivity index (χ2n) is 5.96. The van der Waals surface area contributed by atoms with E-state index in [-0.39, 0.29) is 24.5 Å². The molecule has 1 amide bonds. The number of likely N-dealkylation sites (tertiary alicyclic amines) is 1. The van der Waals surface area contributed by atoms with Gasteiger partial charge in [0.1, 0.15) is 6.04 Å². The maximum Gasteiger partial charge on any atom is 0.223 e. The summed E-state index contributed by atoms with van der Waals surface area (Å²) in [6, 6.07) is 19.3. The molecule has 2 aromatic carbocycles. The number of carbonyl (C=O) groups is 1. The zero-order chi connectivity index (χ0) is 17.1. The van der Waals surface area contributed by atoms with Crippen LogP contribution in [-0.2, 0) is 4.79 Å². The molecular formula is C20H20N2O2. The van der Waals surface area contributed by atoms with Crippen molar-refractivity contribution in [3.63, 3.8) is 0 Å². The van der Waals surface area contributed by atoms with Crippen molar-refractivity contribution >= 4 is 5.91 Å². The molecule has 1 heterocycles. The minimum Gasteiger partial charge on any atom is -0.394 e. The molecular weight excluding hydrogens is 300 g/mol. The van der Waals surface area contributed by atoms with Crippen molar-refractivity contribution in [3.05, 3.63) is 60.2 Å². The number of aliphatic hydroxyl groups excluding tert-OH is 1. The summed E-state index contributed by atoms with van der Waals surface area (Å²) in [7, 11) is 0. The summed E-state index contributed by atoms with van der Waals surface area (Å²) in [5, 5.41) is 19.4. The number of nitrogens with zero attached hydrogens (tertiary/aromatic N) is 2. The van der Waals surface area contributed by atoms with E-state index >= 15 is 0 Å². The van der Waals surface area contributed by atoms with E-state index in [1.54, 1.807) is 6.92 Å². The van der Waals surface area contributed by atoms with Crippen LogP contribution >= 0.6 is 0 Å². The Morgan fingerprint density at radius 1 is 1.17 bits per heavy atom. The van der Waals surface area contributed by atoms with Crippen LogP contribution in [0.15, 0.2) is 54.6 Å². The number of carbonyl (C=O) groups excluding carboxylic acids is 1. The van der Waals surface area contributed by atoms with Crippen molar-refractivity contribution in [2.45, 2.75) is 31.3 Å². The fourth-order valence-electron chi connectivity index (χ4n) is 3.57. The van der Waals surface area contributed by atoms with E-state index in [1.165, 1.54) is 4.90 Å². The number of amides is 1. The van der Waals surface area contributed by atoms with Crippen molar-refractivity contribution in [2.24, 2.45) is 0 Å². The van der Waals surface area contributed by atoms with Crippen LogP contribution in [0.3, 0.4) is 0 Å². The van der Waals surface area contributed by atoms with E-state index in [0.717, 1.165) is 16.7 Å². The first-order valence-electron chi connectivity index (χ1n) is 8.18. The summed E-state index contributed by atoms with van der Waals surface area (Å²) in [5.41, 5.74) is 3.13. The zero-order valence-electron chi connectivity index (χ0n) is 13.6. The standard InChI is InChI=1S/C20H20N2O2/c1-2-19(24)22-17(12-21)20(18(22)13-23)16-11-7-6-10-15(16)14-8-4-3-5-9-14/h3-11,17-18,20,23H,2,13H2,1H3/t17-,18+,20+/m1/s1. The average molecular weight is 320 g/mol. The smallest absolute Gasteiger partial charge is 0.223 e. The van der Waals surface area contributed by atoms with E-state index < -0.39 is 6.04 Å². The third-order valence-electron chi connectivity index (χ3n) is 4.73. The van der Waals surface area contributed by atoms with Crippen molar-refractivity contribution in [2.75, 3.05) is 6.61 Å². The minimum absolute atomic E-state index is 0.0888. The van der Waals surface area contributed by atoms with Gasteiger partial charge in [-0.2, -0.15) is 5.26 Å². The highest BCUT2D eigenvalue weighted by molar-refractivity contribution is 5.79. The molecule has 0 aromatic heterocycles. The molecule has 0 unspecified atom stereocenters. The number of benzene rings is 2. The summed E-state index contributed by atoms with van der Waals surface area (Å²) in [5.74, 6) is -0.263. The van der Waals surface area contributed by atoms with Crippen LogP contribution in [0.2, 0.25) is 0 Å². The van der Waals surface area contributed by atoms with Gasteiger partial charge in [0.2, 0.25) is 5.91 Å². The van der Waals surface area contributed by atoms with Gasteiger partial charge in [-0.3, -0.25) is 4.79 Å². The number of aliphatic hydroxyl groups is 1. The summed E-state index contributed by atoms with van der Waals surface area (Å²) >= 11 is 0. The normalized spacial score (nSPS) is 22.5. The van der Waals surface area contributed by atoms with Gasteiger partial charge in [-0.1, -0.05) is 61.5 Å². The maximum atomic E-state index is 12.1. The van der Waals surface area contributed by atoms with E-state index in [0.29, 0.717) is 6.42 Å². The molecule has 0 saturated carbocycles. The molecule has 1 saturated heterocycles. The Kier molecular flexibility index (Phi) is 4.64. The van der Waals surface area contributed by atoms with Crippen LogP contribution < -0.4 is 0 Å². The third kappa shape index (κ3) is 2.57. The molecule has 2 aromatic rings. The fourth-order valence-corrected chi connectivity index (χ4v) is 3.57.